The molecule has 0 bridgehead atoms. The molecule has 0 amide bonds. The molecule has 1 aromatic heterocycles. The third kappa shape index (κ3) is 5.07. The monoisotopic (exact) mass is 526 g/mol. The van der Waals surface area contributed by atoms with Crippen LogP contribution in [0.15, 0.2) is 57.3 Å². The second-order valence-electron chi connectivity index (χ2n) is 6.54. The van der Waals surface area contributed by atoms with Crippen molar-refractivity contribution in [1.29, 1.82) is 0 Å². The van der Waals surface area contributed by atoms with Crippen LogP contribution < -0.4 is 14.3 Å². The molecule has 28 heavy (non-hydrogen) atoms. The van der Waals surface area contributed by atoms with Crippen LogP contribution in [-0.4, -0.2) is 18.8 Å². The van der Waals surface area contributed by atoms with Gasteiger partial charge in [0.05, 0.1) is 24.4 Å². The summed E-state index contributed by atoms with van der Waals surface area (Å²) in [4.78, 5) is 5.84. The number of aromatic nitrogens is 1. The number of ether oxygens (including phenoxy) is 2. The van der Waals surface area contributed by atoms with Crippen LogP contribution in [0.5, 0.6) is 11.5 Å². The predicted octanol–water partition coefficient (Wildman–Crippen LogP) is 6.46. The first kappa shape index (κ1) is 22.7. The average molecular weight is 528 g/mol. The molecule has 0 unspecified atom stereocenters. The van der Waals surface area contributed by atoms with Crippen LogP contribution in [0.1, 0.15) is 13.8 Å². The van der Waals surface area contributed by atoms with Gasteiger partial charge in [0.2, 0.25) is 0 Å². The second-order valence-corrected chi connectivity index (χ2v) is 8.23. The van der Waals surface area contributed by atoms with Crippen molar-refractivity contribution in [2.75, 3.05) is 14.2 Å². The maximum atomic E-state index is 5.45. The highest BCUT2D eigenvalue weighted by molar-refractivity contribution is 9.10. The summed E-state index contributed by atoms with van der Waals surface area (Å²) in [6.07, 6.45) is 0. The fourth-order valence-electron chi connectivity index (χ4n) is 2.84. The minimum Gasteiger partial charge on any atom is -0.496 e. The molecule has 0 atom stereocenters. The zero-order chi connectivity index (χ0) is 19.4. The fourth-order valence-corrected chi connectivity index (χ4v) is 4.31. The summed E-state index contributed by atoms with van der Waals surface area (Å²) in [5.74, 6) is 2.09. The van der Waals surface area contributed by atoms with E-state index in [-0.39, 0.29) is 17.0 Å². The number of para-hydroxylation sites is 2. The first-order chi connectivity index (χ1) is 13.0. The minimum absolute atomic E-state index is 0. The normalized spacial score (nSPS) is 11.4. The molecule has 1 heterocycles. The van der Waals surface area contributed by atoms with Crippen molar-refractivity contribution in [3.05, 3.63) is 57.1 Å². The molecule has 0 spiro atoms. The molecular formula is C21H24Br2N2O2S. The fraction of sp³-hybridized carbons (Fsp3) is 0.286. The molecule has 7 heteroatoms. The number of hydrogen-bond donors (Lipinski definition) is 0. The molecule has 0 aliphatic carbocycles. The molecule has 0 aliphatic heterocycles. The summed E-state index contributed by atoms with van der Waals surface area (Å²) in [6, 6.07) is 14.0. The van der Waals surface area contributed by atoms with Gasteiger partial charge in [0.25, 0.3) is 0 Å². The zero-order valence-electron chi connectivity index (χ0n) is 16.3. The number of nitrogens with zero attached hydrogens (tertiary/aromatic N) is 2. The van der Waals surface area contributed by atoms with Gasteiger partial charge in [-0.1, -0.05) is 26.0 Å². The van der Waals surface area contributed by atoms with E-state index in [1.54, 1.807) is 25.6 Å². The van der Waals surface area contributed by atoms with Crippen molar-refractivity contribution in [3.63, 3.8) is 0 Å². The van der Waals surface area contributed by atoms with Crippen LogP contribution in [0, 0.1) is 5.92 Å². The number of thiazole rings is 1. The number of methoxy groups -OCH3 is 2. The lowest BCUT2D eigenvalue weighted by atomic mass is 10.1. The quantitative estimate of drug-likeness (QED) is 0.368. The first-order valence-electron chi connectivity index (χ1n) is 8.73. The largest absolute Gasteiger partial charge is 0.496 e. The van der Waals surface area contributed by atoms with Crippen molar-refractivity contribution >= 4 is 49.9 Å². The molecule has 150 valence electrons. The van der Waals surface area contributed by atoms with Crippen LogP contribution in [0.25, 0.3) is 11.3 Å². The van der Waals surface area contributed by atoms with E-state index in [1.165, 1.54) is 0 Å². The molecule has 0 saturated carbocycles. The Morgan fingerprint density at radius 3 is 2.43 bits per heavy atom. The third-order valence-electron chi connectivity index (χ3n) is 4.09. The van der Waals surface area contributed by atoms with Crippen molar-refractivity contribution in [2.45, 2.75) is 20.4 Å². The number of hydrogen-bond acceptors (Lipinski definition) is 4. The van der Waals surface area contributed by atoms with Gasteiger partial charge in [-0.2, -0.15) is 0 Å². The maximum absolute atomic E-state index is 5.45. The molecule has 0 aliphatic rings. The van der Waals surface area contributed by atoms with Crippen molar-refractivity contribution in [2.24, 2.45) is 10.9 Å². The number of rotatable bonds is 6. The van der Waals surface area contributed by atoms with Crippen LogP contribution in [0.3, 0.4) is 0 Å². The molecule has 0 saturated heterocycles. The van der Waals surface area contributed by atoms with Crippen LogP contribution >= 0.6 is 44.2 Å². The molecular weight excluding hydrogens is 504 g/mol. The van der Waals surface area contributed by atoms with E-state index < -0.39 is 0 Å². The molecule has 0 N–H and O–H groups in total. The van der Waals surface area contributed by atoms with E-state index in [0.717, 1.165) is 44.3 Å². The summed E-state index contributed by atoms with van der Waals surface area (Å²) in [6.45, 7) is 5.31. The average Bonchev–Trinajstić information content (AvgIpc) is 3.03. The summed E-state index contributed by atoms with van der Waals surface area (Å²) in [7, 11) is 3.35. The van der Waals surface area contributed by atoms with Crippen molar-refractivity contribution < 1.29 is 9.47 Å². The third-order valence-corrected chi connectivity index (χ3v) is 5.58. The highest BCUT2D eigenvalue weighted by Gasteiger charge is 2.12. The minimum atomic E-state index is 0. The van der Waals surface area contributed by atoms with E-state index in [1.807, 2.05) is 30.3 Å². The van der Waals surface area contributed by atoms with Crippen LogP contribution in [0.4, 0.5) is 5.69 Å². The van der Waals surface area contributed by atoms with Gasteiger partial charge < -0.3 is 14.0 Å². The van der Waals surface area contributed by atoms with Gasteiger partial charge in [0.15, 0.2) is 4.80 Å². The van der Waals surface area contributed by atoms with Crippen LogP contribution in [0.2, 0.25) is 0 Å². The van der Waals surface area contributed by atoms with Crippen molar-refractivity contribution in [3.8, 4) is 22.8 Å². The SMILES string of the molecule is Br.COc1ccc(-c2csc(=Nc3ccccc3OC)n2CC(C)C)cc1Br. The topological polar surface area (TPSA) is 35.8 Å². The number of benzene rings is 2. The van der Waals surface area contributed by atoms with E-state index >= 15 is 0 Å². The summed E-state index contributed by atoms with van der Waals surface area (Å²) >= 11 is 5.23. The Labute approximate surface area is 188 Å². The van der Waals surface area contributed by atoms with Gasteiger partial charge in [-0.15, -0.1) is 28.3 Å². The molecule has 2 aromatic carbocycles. The smallest absolute Gasteiger partial charge is 0.190 e. The number of halogens is 2. The van der Waals surface area contributed by atoms with Gasteiger partial charge >= 0.3 is 0 Å². The van der Waals surface area contributed by atoms with Gasteiger partial charge in [0.1, 0.15) is 17.2 Å². The predicted molar refractivity (Wildman–Crippen MR) is 125 cm³/mol. The Balaban J connectivity index is 0.00000280. The Hall–Kier alpha value is -1.57. The molecule has 0 radical (unpaired) electrons. The molecule has 0 fully saturated rings. The lowest BCUT2D eigenvalue weighted by Crippen LogP contribution is -2.19. The van der Waals surface area contributed by atoms with E-state index in [2.05, 4.69) is 51.9 Å². The summed E-state index contributed by atoms with van der Waals surface area (Å²) in [5.41, 5.74) is 3.11. The second kappa shape index (κ2) is 10.3. The summed E-state index contributed by atoms with van der Waals surface area (Å²) in [5, 5.41) is 2.16. The molecule has 3 aromatic rings. The Kier molecular flexibility index (Phi) is 8.34. The molecule has 4 nitrogen and oxygen atoms in total. The highest BCUT2D eigenvalue weighted by atomic mass is 79.9. The maximum Gasteiger partial charge on any atom is 0.190 e. The van der Waals surface area contributed by atoms with Gasteiger partial charge in [-0.05, 0) is 52.2 Å². The summed E-state index contributed by atoms with van der Waals surface area (Å²) < 4.78 is 14.0. The Bertz CT molecular complexity index is 996. The van der Waals surface area contributed by atoms with Gasteiger partial charge in [0, 0.05) is 17.5 Å². The molecule has 3 rings (SSSR count). The van der Waals surface area contributed by atoms with E-state index in [4.69, 9.17) is 14.5 Å². The van der Waals surface area contributed by atoms with Gasteiger partial charge in [-0.3, -0.25) is 0 Å². The Morgan fingerprint density at radius 2 is 1.79 bits per heavy atom. The van der Waals surface area contributed by atoms with Crippen LogP contribution in [-0.2, 0) is 6.54 Å². The first-order valence-corrected chi connectivity index (χ1v) is 10.4. The van der Waals surface area contributed by atoms with Crippen molar-refractivity contribution in [1.82, 2.24) is 4.57 Å². The Morgan fingerprint density at radius 1 is 1.07 bits per heavy atom. The van der Waals surface area contributed by atoms with Gasteiger partial charge in [-0.25, -0.2) is 4.99 Å². The zero-order valence-corrected chi connectivity index (χ0v) is 20.4. The van der Waals surface area contributed by atoms with E-state index in [9.17, 15) is 0 Å². The lowest BCUT2D eigenvalue weighted by Gasteiger charge is -2.13. The highest BCUT2D eigenvalue weighted by Crippen LogP contribution is 2.31. The standard InChI is InChI=1S/C21H23BrN2O2S.BrH/c1-14(2)12-24-18(15-9-10-19(25-3)16(22)11-15)13-27-21(24)23-17-7-5-6-8-20(17)26-4;/h5-11,13-14H,12H2,1-4H3;1H. The lowest BCUT2D eigenvalue weighted by molar-refractivity contribution is 0.412. The van der Waals surface area contributed by atoms with E-state index in [0.29, 0.717) is 5.92 Å².